The lowest BCUT2D eigenvalue weighted by Gasteiger charge is -2.14. The van der Waals surface area contributed by atoms with Gasteiger partial charge in [-0.3, -0.25) is 4.57 Å². The summed E-state index contributed by atoms with van der Waals surface area (Å²) in [6.45, 7) is -0.333. The number of thioether (sulfide) groups is 1. The van der Waals surface area contributed by atoms with Gasteiger partial charge in [0, 0.05) is 12.2 Å². The van der Waals surface area contributed by atoms with Gasteiger partial charge in [-0.2, -0.15) is 13.2 Å². The summed E-state index contributed by atoms with van der Waals surface area (Å²) in [7, 11) is 0. The smallest absolute Gasteiger partial charge is 0.389 e. The number of nitrogen functional groups attached to an aromatic ring is 1. The molecule has 0 aliphatic carbocycles. The molecule has 0 bridgehead atoms. The summed E-state index contributed by atoms with van der Waals surface area (Å²) in [5.41, 5.74) is 6.42. The second kappa shape index (κ2) is 6.94. The van der Waals surface area contributed by atoms with Crippen molar-refractivity contribution in [2.24, 2.45) is 0 Å². The molecule has 1 aliphatic heterocycles. The number of nitrogens with zero attached hydrogens (tertiary/aromatic N) is 4. The Bertz CT molecular complexity index is 756. The van der Waals surface area contributed by atoms with Gasteiger partial charge in [-0.1, -0.05) is 11.8 Å². The fourth-order valence-corrected chi connectivity index (χ4v) is 3.33. The number of hydrogen-bond donors (Lipinski definition) is 3. The Morgan fingerprint density at radius 1 is 1.40 bits per heavy atom. The van der Waals surface area contributed by atoms with Gasteiger partial charge in [0.1, 0.15) is 17.8 Å². The van der Waals surface area contributed by atoms with Crippen LogP contribution in [0.1, 0.15) is 19.1 Å². The molecule has 0 amide bonds. The van der Waals surface area contributed by atoms with Crippen LogP contribution in [-0.2, 0) is 4.74 Å². The molecule has 3 rings (SSSR count). The van der Waals surface area contributed by atoms with E-state index in [1.165, 1.54) is 10.9 Å². The summed E-state index contributed by atoms with van der Waals surface area (Å²) in [5.74, 6) is -0.177. The first-order valence-electron chi connectivity index (χ1n) is 7.42. The number of halogens is 3. The van der Waals surface area contributed by atoms with Gasteiger partial charge in [-0.15, -0.1) is 0 Å². The van der Waals surface area contributed by atoms with Gasteiger partial charge in [0.05, 0.1) is 25.5 Å². The van der Waals surface area contributed by atoms with E-state index in [2.05, 4.69) is 15.0 Å². The second-order valence-electron chi connectivity index (χ2n) is 5.54. The summed E-state index contributed by atoms with van der Waals surface area (Å²) in [6, 6.07) is 0. The van der Waals surface area contributed by atoms with Crippen LogP contribution >= 0.6 is 11.8 Å². The predicted molar refractivity (Wildman–Crippen MR) is 82.8 cm³/mol. The minimum absolute atomic E-state index is 0.0514. The zero-order valence-electron chi connectivity index (χ0n) is 12.8. The molecular formula is C13H16F3N5O3S. The Kier molecular flexibility index (Phi) is 5.04. The largest absolute Gasteiger partial charge is 0.394 e. The van der Waals surface area contributed by atoms with Crippen LogP contribution in [-0.4, -0.2) is 60.5 Å². The highest BCUT2D eigenvalue weighted by molar-refractivity contribution is 7.99. The number of aliphatic hydroxyl groups is 2. The van der Waals surface area contributed by atoms with Crippen LogP contribution in [0, 0.1) is 0 Å². The van der Waals surface area contributed by atoms with Crippen LogP contribution in [0.5, 0.6) is 0 Å². The van der Waals surface area contributed by atoms with Crippen molar-refractivity contribution in [1.29, 1.82) is 0 Å². The summed E-state index contributed by atoms with van der Waals surface area (Å²) in [5, 5.41) is 19.1. The normalized spacial score (nSPS) is 24.3. The number of alkyl halides is 3. The lowest BCUT2D eigenvalue weighted by Crippen LogP contribution is -2.24. The Morgan fingerprint density at radius 3 is 2.80 bits per heavy atom. The third kappa shape index (κ3) is 3.97. The molecule has 1 saturated heterocycles. The fraction of sp³-hybridized carbons (Fsp3) is 0.615. The van der Waals surface area contributed by atoms with Crippen molar-refractivity contribution in [1.82, 2.24) is 19.5 Å². The summed E-state index contributed by atoms with van der Waals surface area (Å²) in [6.07, 6.45) is -5.76. The predicted octanol–water partition coefficient (Wildman–Crippen LogP) is 1.09. The van der Waals surface area contributed by atoms with E-state index in [-0.39, 0.29) is 29.8 Å². The lowest BCUT2D eigenvalue weighted by molar-refractivity contribution is -0.129. The van der Waals surface area contributed by atoms with E-state index in [4.69, 9.17) is 15.6 Å². The number of anilines is 1. The zero-order valence-corrected chi connectivity index (χ0v) is 13.7. The van der Waals surface area contributed by atoms with Crippen LogP contribution in [0.2, 0.25) is 0 Å². The standard InChI is InChI=1S/C13H16F3N5O3S/c14-13(15,16)1-2-25-12-19-10(17)9-11(20-12)21(5-18-9)8-3-6(23)7(4-22)24-8/h5-8,22-23H,1-4H2,(H2,17,19,20)/t6-,7+,8+/m0/s1. The molecule has 0 aromatic carbocycles. The number of imidazole rings is 1. The van der Waals surface area contributed by atoms with Gasteiger partial charge < -0.3 is 20.7 Å². The highest BCUT2D eigenvalue weighted by Gasteiger charge is 2.35. The number of aliphatic hydroxyl groups excluding tert-OH is 2. The van der Waals surface area contributed by atoms with Crippen LogP contribution in [0.4, 0.5) is 19.0 Å². The molecule has 8 nitrogen and oxygen atoms in total. The molecular weight excluding hydrogens is 363 g/mol. The lowest BCUT2D eigenvalue weighted by atomic mass is 10.2. The number of rotatable bonds is 5. The van der Waals surface area contributed by atoms with Crippen LogP contribution < -0.4 is 5.73 Å². The van der Waals surface area contributed by atoms with Crippen molar-refractivity contribution in [3.8, 4) is 0 Å². The molecule has 3 heterocycles. The summed E-state index contributed by atoms with van der Waals surface area (Å²) in [4.78, 5) is 12.3. The fourth-order valence-electron chi connectivity index (χ4n) is 2.50. The number of fused-ring (bicyclic) bond motifs is 1. The van der Waals surface area contributed by atoms with Crippen LogP contribution in [0.25, 0.3) is 11.2 Å². The number of nitrogens with two attached hydrogens (primary N) is 1. The van der Waals surface area contributed by atoms with Crippen molar-refractivity contribution in [2.75, 3.05) is 18.1 Å². The minimum atomic E-state index is -4.25. The Hall–Kier alpha value is -1.63. The van der Waals surface area contributed by atoms with E-state index < -0.39 is 31.0 Å². The molecule has 3 atom stereocenters. The number of aromatic nitrogens is 4. The van der Waals surface area contributed by atoms with Crippen molar-refractivity contribution in [3.05, 3.63) is 6.33 Å². The summed E-state index contributed by atoms with van der Waals surface area (Å²) >= 11 is 0.843. The first-order valence-corrected chi connectivity index (χ1v) is 8.41. The van der Waals surface area contributed by atoms with E-state index in [1.807, 2.05) is 0 Å². The van der Waals surface area contributed by atoms with Crippen molar-refractivity contribution in [3.63, 3.8) is 0 Å². The van der Waals surface area contributed by atoms with Crippen molar-refractivity contribution in [2.45, 2.75) is 42.6 Å². The molecule has 25 heavy (non-hydrogen) atoms. The highest BCUT2D eigenvalue weighted by Crippen LogP contribution is 2.32. The molecule has 4 N–H and O–H groups in total. The number of hydrogen-bond acceptors (Lipinski definition) is 8. The maximum absolute atomic E-state index is 12.3. The van der Waals surface area contributed by atoms with Crippen molar-refractivity contribution >= 4 is 28.7 Å². The monoisotopic (exact) mass is 379 g/mol. The molecule has 2 aromatic heterocycles. The SMILES string of the molecule is Nc1nc(SCCC(F)(F)F)nc2c1ncn2[C@H]1C[C@H](O)[C@@H](CO)O1. The maximum Gasteiger partial charge on any atom is 0.389 e. The third-order valence-electron chi connectivity index (χ3n) is 3.74. The van der Waals surface area contributed by atoms with Crippen molar-refractivity contribution < 1.29 is 28.1 Å². The third-order valence-corrected chi connectivity index (χ3v) is 4.59. The molecule has 12 heteroatoms. The number of ether oxygens (including phenoxy) is 1. The Balaban J connectivity index is 1.84. The molecule has 0 saturated carbocycles. The Morgan fingerprint density at radius 2 is 2.16 bits per heavy atom. The zero-order chi connectivity index (χ0) is 18.2. The van der Waals surface area contributed by atoms with Crippen LogP contribution in [0.15, 0.2) is 11.5 Å². The summed E-state index contributed by atoms with van der Waals surface area (Å²) < 4.78 is 43.9. The van der Waals surface area contributed by atoms with E-state index in [1.54, 1.807) is 0 Å². The molecule has 0 unspecified atom stereocenters. The van der Waals surface area contributed by atoms with Gasteiger partial charge in [0.25, 0.3) is 0 Å². The van der Waals surface area contributed by atoms with E-state index >= 15 is 0 Å². The van der Waals surface area contributed by atoms with E-state index in [0.717, 1.165) is 11.8 Å². The van der Waals surface area contributed by atoms with E-state index in [0.29, 0.717) is 11.2 Å². The highest BCUT2D eigenvalue weighted by atomic mass is 32.2. The second-order valence-corrected chi connectivity index (χ2v) is 6.61. The van der Waals surface area contributed by atoms with Gasteiger partial charge >= 0.3 is 6.18 Å². The molecule has 0 radical (unpaired) electrons. The minimum Gasteiger partial charge on any atom is -0.394 e. The van der Waals surface area contributed by atoms with Gasteiger partial charge in [0.15, 0.2) is 16.6 Å². The molecule has 1 aliphatic rings. The van der Waals surface area contributed by atoms with E-state index in [9.17, 15) is 18.3 Å². The first kappa shape index (κ1) is 18.2. The van der Waals surface area contributed by atoms with Gasteiger partial charge in [-0.25, -0.2) is 15.0 Å². The molecule has 0 spiro atoms. The first-order chi connectivity index (χ1) is 11.8. The topological polar surface area (TPSA) is 119 Å². The average Bonchev–Trinajstić information content (AvgIpc) is 3.09. The molecule has 2 aromatic rings. The molecule has 138 valence electrons. The molecule has 1 fully saturated rings. The average molecular weight is 379 g/mol. The van der Waals surface area contributed by atoms with Gasteiger partial charge in [-0.05, 0) is 0 Å². The van der Waals surface area contributed by atoms with Crippen LogP contribution in [0.3, 0.4) is 0 Å². The van der Waals surface area contributed by atoms with Gasteiger partial charge in [0.2, 0.25) is 0 Å². The Labute approximate surface area is 144 Å². The maximum atomic E-state index is 12.3. The quantitative estimate of drug-likeness (QED) is 0.522.